The highest BCUT2D eigenvalue weighted by atomic mass is 16.5. The molecule has 8 heteroatoms. The second-order valence-corrected chi connectivity index (χ2v) is 8.88. The molecule has 170 valence electrons. The smallest absolute Gasteiger partial charge is 0.278 e. The van der Waals surface area contributed by atoms with Crippen LogP contribution in [-0.2, 0) is 16.6 Å². The zero-order valence-corrected chi connectivity index (χ0v) is 18.8. The topological polar surface area (TPSA) is 103 Å². The maximum atomic E-state index is 13.5. The molecule has 0 saturated heterocycles. The van der Waals surface area contributed by atoms with Crippen molar-refractivity contribution >= 4 is 17.5 Å². The van der Waals surface area contributed by atoms with E-state index < -0.39 is 0 Å². The van der Waals surface area contributed by atoms with E-state index in [1.54, 1.807) is 16.7 Å². The van der Waals surface area contributed by atoms with Crippen molar-refractivity contribution in [2.45, 2.75) is 38.0 Å². The van der Waals surface area contributed by atoms with Crippen molar-refractivity contribution in [2.75, 3.05) is 18.6 Å². The predicted molar refractivity (Wildman–Crippen MR) is 124 cm³/mol. The van der Waals surface area contributed by atoms with Crippen molar-refractivity contribution in [3.8, 4) is 11.4 Å². The highest BCUT2D eigenvalue weighted by Gasteiger charge is 2.45. The van der Waals surface area contributed by atoms with Crippen LogP contribution in [0.1, 0.15) is 47.9 Å². The van der Waals surface area contributed by atoms with Gasteiger partial charge < -0.3 is 15.4 Å². The summed E-state index contributed by atoms with van der Waals surface area (Å²) in [5, 5.41) is 8.48. The van der Waals surface area contributed by atoms with Crippen molar-refractivity contribution in [3.05, 3.63) is 65.5 Å². The molecule has 1 aliphatic heterocycles. The van der Waals surface area contributed by atoms with Crippen LogP contribution in [0.15, 0.2) is 48.5 Å². The lowest BCUT2D eigenvalue weighted by Crippen LogP contribution is -2.46. The molecule has 1 unspecified atom stereocenters. The number of benzene rings is 2. The van der Waals surface area contributed by atoms with E-state index in [0.717, 1.165) is 42.0 Å². The fourth-order valence-corrected chi connectivity index (χ4v) is 5.07. The molecule has 2 aliphatic rings. The Kier molecular flexibility index (Phi) is 5.15. The van der Waals surface area contributed by atoms with Gasteiger partial charge in [0.05, 0.1) is 18.5 Å². The second kappa shape index (κ2) is 8.03. The average molecular weight is 446 g/mol. The number of hydrogen-bond acceptors (Lipinski definition) is 5. The Bertz CT molecular complexity index is 1200. The van der Waals surface area contributed by atoms with Crippen LogP contribution in [-0.4, -0.2) is 40.5 Å². The van der Waals surface area contributed by atoms with Crippen LogP contribution in [0, 0.1) is 5.92 Å². The first-order valence-electron chi connectivity index (χ1n) is 11.3. The number of fused-ring (bicyclic) bond motifs is 1. The molecule has 1 fully saturated rings. The van der Waals surface area contributed by atoms with E-state index in [-0.39, 0.29) is 23.1 Å². The SMILES string of the molecule is COc1ccc(-n2nnc3c2C(=O)N(c2ccc(C4(C(C)C(N)=O)CCC4)cc2)CC3)cc1. The Morgan fingerprint density at radius 3 is 2.33 bits per heavy atom. The fraction of sp³-hybridized carbons (Fsp3) is 0.360. The Labute approximate surface area is 192 Å². The number of nitrogens with two attached hydrogens (primary N) is 1. The van der Waals surface area contributed by atoms with Crippen molar-refractivity contribution in [3.63, 3.8) is 0 Å². The van der Waals surface area contributed by atoms with E-state index in [4.69, 9.17) is 10.5 Å². The van der Waals surface area contributed by atoms with Crippen LogP contribution < -0.4 is 15.4 Å². The quantitative estimate of drug-likeness (QED) is 0.628. The number of rotatable bonds is 6. The molecule has 5 rings (SSSR count). The van der Waals surface area contributed by atoms with Crippen LogP contribution >= 0.6 is 0 Å². The molecule has 1 aliphatic carbocycles. The summed E-state index contributed by atoms with van der Waals surface area (Å²) in [4.78, 5) is 27.1. The van der Waals surface area contributed by atoms with Gasteiger partial charge in [0.2, 0.25) is 5.91 Å². The minimum atomic E-state index is -0.267. The molecule has 2 amide bonds. The molecule has 2 N–H and O–H groups in total. The maximum Gasteiger partial charge on any atom is 0.278 e. The van der Waals surface area contributed by atoms with E-state index in [9.17, 15) is 9.59 Å². The summed E-state index contributed by atoms with van der Waals surface area (Å²) in [7, 11) is 1.61. The monoisotopic (exact) mass is 445 g/mol. The summed E-state index contributed by atoms with van der Waals surface area (Å²) in [6.45, 7) is 2.45. The van der Waals surface area contributed by atoms with Crippen LogP contribution in [0.4, 0.5) is 5.69 Å². The lowest BCUT2D eigenvalue weighted by atomic mass is 9.58. The molecular weight excluding hydrogens is 418 g/mol. The molecular formula is C25H27N5O3. The van der Waals surface area contributed by atoms with Gasteiger partial charge in [-0.3, -0.25) is 9.59 Å². The van der Waals surface area contributed by atoms with Gasteiger partial charge >= 0.3 is 0 Å². The first-order valence-corrected chi connectivity index (χ1v) is 11.3. The number of anilines is 1. The maximum absolute atomic E-state index is 13.5. The number of ether oxygens (including phenoxy) is 1. The Morgan fingerprint density at radius 1 is 1.09 bits per heavy atom. The number of aromatic nitrogens is 3. The minimum Gasteiger partial charge on any atom is -0.497 e. The van der Waals surface area contributed by atoms with Gasteiger partial charge in [-0.1, -0.05) is 30.7 Å². The van der Waals surface area contributed by atoms with Gasteiger partial charge in [-0.05, 0) is 54.8 Å². The summed E-state index contributed by atoms with van der Waals surface area (Å²) in [5.74, 6) is 0.113. The van der Waals surface area contributed by atoms with Crippen molar-refractivity contribution in [1.29, 1.82) is 0 Å². The number of primary amides is 1. The van der Waals surface area contributed by atoms with Gasteiger partial charge in [-0.2, -0.15) is 0 Å². The van der Waals surface area contributed by atoms with Crippen molar-refractivity contribution in [2.24, 2.45) is 11.7 Å². The minimum absolute atomic E-state index is 0.131. The largest absolute Gasteiger partial charge is 0.497 e. The number of amides is 2. The van der Waals surface area contributed by atoms with Crippen molar-refractivity contribution < 1.29 is 14.3 Å². The summed E-state index contributed by atoms with van der Waals surface area (Å²) in [6, 6.07) is 15.4. The van der Waals surface area contributed by atoms with E-state index in [0.29, 0.717) is 24.4 Å². The number of carbonyl (C=O) groups excluding carboxylic acids is 2. The van der Waals surface area contributed by atoms with Crippen LogP contribution in [0.2, 0.25) is 0 Å². The van der Waals surface area contributed by atoms with Gasteiger partial charge in [0.25, 0.3) is 5.91 Å². The van der Waals surface area contributed by atoms with E-state index >= 15 is 0 Å². The summed E-state index contributed by atoms with van der Waals surface area (Å²) in [5.41, 5.74) is 9.30. The van der Waals surface area contributed by atoms with Crippen LogP contribution in [0.3, 0.4) is 0 Å². The zero-order chi connectivity index (χ0) is 23.2. The van der Waals surface area contributed by atoms with E-state index in [1.165, 1.54) is 0 Å². The summed E-state index contributed by atoms with van der Waals surface area (Å²) >= 11 is 0. The Morgan fingerprint density at radius 2 is 1.76 bits per heavy atom. The third-order valence-corrected chi connectivity index (χ3v) is 7.33. The highest BCUT2D eigenvalue weighted by Crippen LogP contribution is 2.49. The molecule has 2 heterocycles. The number of methoxy groups -OCH3 is 1. The van der Waals surface area contributed by atoms with E-state index in [2.05, 4.69) is 10.3 Å². The number of nitrogens with zero attached hydrogens (tertiary/aromatic N) is 4. The third kappa shape index (κ3) is 3.37. The fourth-order valence-electron chi connectivity index (χ4n) is 5.07. The Balaban J connectivity index is 1.43. The van der Waals surface area contributed by atoms with Gasteiger partial charge in [0.1, 0.15) is 5.75 Å². The first-order chi connectivity index (χ1) is 15.9. The molecule has 8 nitrogen and oxygen atoms in total. The normalized spacial score (nSPS) is 17.8. The Hall–Kier alpha value is -3.68. The molecule has 0 bridgehead atoms. The molecule has 3 aromatic rings. The zero-order valence-electron chi connectivity index (χ0n) is 18.8. The van der Waals surface area contributed by atoms with Crippen LogP contribution in [0.5, 0.6) is 5.75 Å². The van der Waals surface area contributed by atoms with Gasteiger partial charge in [0, 0.05) is 30.0 Å². The van der Waals surface area contributed by atoms with Gasteiger partial charge in [-0.25, -0.2) is 4.68 Å². The van der Waals surface area contributed by atoms with Crippen LogP contribution in [0.25, 0.3) is 5.69 Å². The highest BCUT2D eigenvalue weighted by molar-refractivity contribution is 6.07. The van der Waals surface area contributed by atoms with Gasteiger partial charge in [0.15, 0.2) is 5.69 Å². The molecule has 1 saturated carbocycles. The molecule has 0 spiro atoms. The molecule has 1 aromatic heterocycles. The average Bonchev–Trinajstić information content (AvgIpc) is 3.24. The predicted octanol–water partition coefficient (Wildman–Crippen LogP) is 3.02. The number of carbonyl (C=O) groups is 2. The summed E-state index contributed by atoms with van der Waals surface area (Å²) < 4.78 is 6.82. The molecule has 2 aromatic carbocycles. The summed E-state index contributed by atoms with van der Waals surface area (Å²) in [6.07, 6.45) is 3.63. The molecule has 33 heavy (non-hydrogen) atoms. The first kappa shape index (κ1) is 21.2. The second-order valence-electron chi connectivity index (χ2n) is 8.88. The van der Waals surface area contributed by atoms with Crippen molar-refractivity contribution in [1.82, 2.24) is 15.0 Å². The molecule has 0 radical (unpaired) electrons. The number of hydrogen-bond donors (Lipinski definition) is 1. The lowest BCUT2D eigenvalue weighted by molar-refractivity contribution is -0.124. The van der Waals surface area contributed by atoms with E-state index in [1.807, 2.05) is 55.5 Å². The lowest BCUT2D eigenvalue weighted by Gasteiger charge is -2.46. The molecule has 1 atom stereocenters. The third-order valence-electron chi connectivity index (χ3n) is 7.33. The van der Waals surface area contributed by atoms with Gasteiger partial charge in [-0.15, -0.1) is 5.10 Å². The standard InChI is InChI=1S/C25H27N5O3/c1-16(23(26)31)25(13-3-14-25)17-4-6-18(7-5-17)29-15-12-21-22(24(29)32)30(28-27-21)19-8-10-20(33-2)11-9-19/h4-11,16H,3,12-15H2,1-2H3,(H2,26,31).